The second-order valence-corrected chi connectivity index (χ2v) is 5.80. The lowest BCUT2D eigenvalue weighted by Crippen LogP contribution is -2.36. The average molecular weight is 299 g/mol. The second kappa shape index (κ2) is 6.19. The molecule has 116 valence electrons. The molecule has 1 aliphatic heterocycles. The van der Waals surface area contributed by atoms with Crippen LogP contribution in [-0.2, 0) is 0 Å². The van der Waals surface area contributed by atoms with Gasteiger partial charge < -0.3 is 21.4 Å². The number of rotatable bonds is 4. The van der Waals surface area contributed by atoms with E-state index in [2.05, 4.69) is 15.6 Å². The molecule has 3 rings (SSSR count). The predicted molar refractivity (Wildman–Crippen MR) is 87.2 cm³/mol. The van der Waals surface area contributed by atoms with E-state index in [4.69, 9.17) is 11.1 Å². The van der Waals surface area contributed by atoms with E-state index >= 15 is 0 Å². The number of benzene rings is 1. The van der Waals surface area contributed by atoms with Crippen LogP contribution in [0.15, 0.2) is 24.3 Å². The van der Waals surface area contributed by atoms with Crippen LogP contribution < -0.4 is 16.4 Å². The van der Waals surface area contributed by atoms with Crippen LogP contribution in [0.25, 0.3) is 10.9 Å². The van der Waals surface area contributed by atoms with Crippen LogP contribution in [0.1, 0.15) is 28.9 Å². The van der Waals surface area contributed by atoms with E-state index in [-0.39, 0.29) is 11.7 Å². The van der Waals surface area contributed by atoms with Crippen molar-refractivity contribution in [2.75, 3.05) is 19.6 Å². The summed E-state index contributed by atoms with van der Waals surface area (Å²) in [4.78, 5) is 15.4. The SMILES string of the molecule is N=C(N)c1ccc2cc(C(=O)NCC3CCNCC3)[nH]c2c1. The fraction of sp³-hybridized carbons (Fsp3) is 0.375. The number of nitrogen functional groups attached to an aromatic ring is 1. The standard InChI is InChI=1S/C16H21N5O/c17-15(18)12-2-1-11-7-14(21-13(11)8-12)16(22)20-9-10-3-5-19-6-4-10/h1-2,7-8,10,19,21H,3-6,9H2,(H3,17,18)(H,20,22). The topological polar surface area (TPSA) is 107 Å². The number of H-pyrrole nitrogens is 1. The molecule has 2 aromatic rings. The Morgan fingerprint density at radius 3 is 2.82 bits per heavy atom. The Balaban J connectivity index is 1.69. The molecule has 0 bridgehead atoms. The lowest BCUT2D eigenvalue weighted by atomic mass is 9.98. The van der Waals surface area contributed by atoms with E-state index in [0.717, 1.165) is 36.8 Å². The molecule has 2 heterocycles. The van der Waals surface area contributed by atoms with Crippen molar-refractivity contribution in [3.63, 3.8) is 0 Å². The average Bonchev–Trinajstić information content (AvgIpc) is 2.96. The molecule has 6 heteroatoms. The molecule has 1 fully saturated rings. The minimum absolute atomic E-state index is 0.0217. The molecule has 6 N–H and O–H groups in total. The predicted octanol–water partition coefficient (Wildman–Crippen LogP) is 1.18. The number of carbonyl (C=O) groups excluding carboxylic acids is 1. The maximum atomic E-state index is 12.3. The summed E-state index contributed by atoms with van der Waals surface area (Å²) in [7, 11) is 0. The normalized spacial score (nSPS) is 15.8. The minimum atomic E-state index is -0.0842. The van der Waals surface area contributed by atoms with Crippen molar-refractivity contribution in [3.8, 4) is 0 Å². The van der Waals surface area contributed by atoms with Gasteiger partial charge in [0.2, 0.25) is 0 Å². The highest BCUT2D eigenvalue weighted by Crippen LogP contribution is 2.17. The molecule has 1 amide bonds. The Bertz CT molecular complexity index is 700. The molecule has 0 radical (unpaired) electrons. The zero-order valence-corrected chi connectivity index (χ0v) is 12.4. The lowest BCUT2D eigenvalue weighted by molar-refractivity contribution is 0.0940. The van der Waals surface area contributed by atoms with Crippen LogP contribution >= 0.6 is 0 Å². The fourth-order valence-electron chi connectivity index (χ4n) is 2.84. The molecule has 0 saturated carbocycles. The number of nitrogens with one attached hydrogen (secondary N) is 4. The van der Waals surface area contributed by atoms with Crippen LogP contribution in [0, 0.1) is 11.3 Å². The van der Waals surface area contributed by atoms with Gasteiger partial charge in [-0.2, -0.15) is 0 Å². The number of amidine groups is 1. The zero-order valence-electron chi connectivity index (χ0n) is 12.4. The lowest BCUT2D eigenvalue weighted by Gasteiger charge is -2.22. The number of aromatic nitrogens is 1. The molecule has 0 unspecified atom stereocenters. The first-order chi connectivity index (χ1) is 10.6. The van der Waals surface area contributed by atoms with Gasteiger partial charge in [-0.05, 0) is 44.0 Å². The molecule has 22 heavy (non-hydrogen) atoms. The Labute approximate surface area is 129 Å². The Morgan fingerprint density at radius 1 is 1.32 bits per heavy atom. The second-order valence-electron chi connectivity index (χ2n) is 5.80. The maximum absolute atomic E-state index is 12.3. The van der Waals surface area contributed by atoms with Gasteiger partial charge in [0.05, 0.1) is 0 Å². The van der Waals surface area contributed by atoms with Crippen molar-refractivity contribution >= 4 is 22.6 Å². The largest absolute Gasteiger partial charge is 0.384 e. The summed E-state index contributed by atoms with van der Waals surface area (Å²) >= 11 is 0. The third-order valence-electron chi connectivity index (χ3n) is 4.19. The van der Waals surface area contributed by atoms with Crippen molar-refractivity contribution < 1.29 is 4.79 Å². The third kappa shape index (κ3) is 3.12. The first-order valence-electron chi connectivity index (χ1n) is 7.59. The van der Waals surface area contributed by atoms with Gasteiger partial charge in [0.15, 0.2) is 0 Å². The Morgan fingerprint density at radius 2 is 2.09 bits per heavy atom. The summed E-state index contributed by atoms with van der Waals surface area (Å²) in [5.74, 6) is 0.492. The summed E-state index contributed by atoms with van der Waals surface area (Å²) in [6.07, 6.45) is 2.21. The van der Waals surface area contributed by atoms with Crippen molar-refractivity contribution in [3.05, 3.63) is 35.5 Å². The highest BCUT2D eigenvalue weighted by Gasteiger charge is 2.15. The van der Waals surface area contributed by atoms with Gasteiger partial charge in [-0.1, -0.05) is 12.1 Å². The van der Waals surface area contributed by atoms with E-state index in [1.165, 1.54) is 0 Å². The van der Waals surface area contributed by atoms with Crippen molar-refractivity contribution in [2.24, 2.45) is 11.7 Å². The van der Waals surface area contributed by atoms with Gasteiger partial charge in [-0.3, -0.25) is 10.2 Å². The van der Waals surface area contributed by atoms with Gasteiger partial charge in [-0.15, -0.1) is 0 Å². The quantitative estimate of drug-likeness (QED) is 0.432. The van der Waals surface area contributed by atoms with Crippen molar-refractivity contribution in [2.45, 2.75) is 12.8 Å². The van der Waals surface area contributed by atoms with Crippen LogP contribution in [0.4, 0.5) is 0 Å². The summed E-state index contributed by atoms with van der Waals surface area (Å²) in [5.41, 5.74) is 7.50. The van der Waals surface area contributed by atoms with Crippen molar-refractivity contribution in [1.29, 1.82) is 5.41 Å². The van der Waals surface area contributed by atoms with Crippen LogP contribution in [0.2, 0.25) is 0 Å². The first-order valence-corrected chi connectivity index (χ1v) is 7.59. The Kier molecular flexibility index (Phi) is 4.11. The van der Waals surface area contributed by atoms with E-state index in [9.17, 15) is 4.79 Å². The van der Waals surface area contributed by atoms with Crippen molar-refractivity contribution in [1.82, 2.24) is 15.6 Å². The van der Waals surface area contributed by atoms with Gasteiger partial charge in [0.25, 0.3) is 5.91 Å². The molecule has 0 spiro atoms. The molecule has 0 atom stereocenters. The van der Waals surface area contributed by atoms with Gasteiger partial charge in [0.1, 0.15) is 11.5 Å². The monoisotopic (exact) mass is 299 g/mol. The molecule has 1 saturated heterocycles. The van der Waals surface area contributed by atoms with Crippen LogP contribution in [0.5, 0.6) is 0 Å². The number of piperidine rings is 1. The third-order valence-corrected chi connectivity index (χ3v) is 4.19. The van der Waals surface area contributed by atoms with E-state index in [1.54, 1.807) is 12.1 Å². The Hall–Kier alpha value is -2.34. The molecule has 1 aromatic carbocycles. The summed E-state index contributed by atoms with van der Waals surface area (Å²) in [6, 6.07) is 7.28. The highest BCUT2D eigenvalue weighted by atomic mass is 16.1. The molecule has 1 aliphatic rings. The zero-order chi connectivity index (χ0) is 15.5. The fourth-order valence-corrected chi connectivity index (χ4v) is 2.84. The van der Waals surface area contributed by atoms with E-state index < -0.39 is 0 Å². The number of hydrogen-bond acceptors (Lipinski definition) is 3. The molecular weight excluding hydrogens is 278 g/mol. The number of nitrogens with two attached hydrogens (primary N) is 1. The number of fused-ring (bicyclic) bond motifs is 1. The number of aromatic amines is 1. The number of carbonyl (C=O) groups is 1. The van der Waals surface area contributed by atoms with Gasteiger partial charge in [-0.25, -0.2) is 0 Å². The number of amides is 1. The molecule has 6 nitrogen and oxygen atoms in total. The summed E-state index contributed by atoms with van der Waals surface area (Å²) in [6.45, 7) is 2.77. The molecule has 1 aromatic heterocycles. The smallest absolute Gasteiger partial charge is 0.267 e. The summed E-state index contributed by atoms with van der Waals surface area (Å²) < 4.78 is 0. The number of hydrogen-bond donors (Lipinski definition) is 5. The van der Waals surface area contributed by atoms with Crippen LogP contribution in [0.3, 0.4) is 0 Å². The first kappa shape index (κ1) is 14.6. The molecule has 0 aliphatic carbocycles. The highest BCUT2D eigenvalue weighted by molar-refractivity contribution is 6.01. The maximum Gasteiger partial charge on any atom is 0.267 e. The van der Waals surface area contributed by atoms with E-state index in [0.29, 0.717) is 23.7 Å². The summed E-state index contributed by atoms with van der Waals surface area (Å²) in [5, 5.41) is 14.7. The van der Waals surface area contributed by atoms with Gasteiger partial charge >= 0.3 is 0 Å². The molecular formula is C16H21N5O. The van der Waals surface area contributed by atoms with Crippen LogP contribution in [-0.4, -0.2) is 36.4 Å². The minimum Gasteiger partial charge on any atom is -0.384 e. The van der Waals surface area contributed by atoms with Gasteiger partial charge in [0, 0.05) is 23.0 Å². The van der Waals surface area contributed by atoms with E-state index in [1.807, 2.05) is 12.1 Å².